The van der Waals surface area contributed by atoms with E-state index in [2.05, 4.69) is 23.3 Å². The fourth-order valence-corrected chi connectivity index (χ4v) is 2.43. The highest BCUT2D eigenvalue weighted by Gasteiger charge is 2.18. The van der Waals surface area contributed by atoms with E-state index in [1.165, 1.54) is 30.4 Å². The topological polar surface area (TPSA) is 50.9 Å². The Kier molecular flexibility index (Phi) is 3.21. The number of aromatic nitrogens is 1. The number of pyridine rings is 1. The maximum Gasteiger partial charge on any atom is 0.127 e. The molecule has 0 aromatic carbocycles. The lowest BCUT2D eigenvalue weighted by Gasteiger charge is -2.18. The van der Waals surface area contributed by atoms with Gasteiger partial charge >= 0.3 is 0 Å². The van der Waals surface area contributed by atoms with Crippen LogP contribution < -0.4 is 11.1 Å². The molecule has 0 saturated carbocycles. The summed E-state index contributed by atoms with van der Waals surface area (Å²) in [6.45, 7) is 4.36. The summed E-state index contributed by atoms with van der Waals surface area (Å²) in [7, 11) is 0. The number of nitrogens with two attached hydrogens (primary N) is 1. The summed E-state index contributed by atoms with van der Waals surface area (Å²) < 4.78 is 0. The van der Waals surface area contributed by atoms with E-state index in [9.17, 15) is 0 Å². The molecular weight excluding hydrogens is 186 g/mol. The molecule has 1 atom stereocenters. The van der Waals surface area contributed by atoms with Crippen LogP contribution in [0.4, 0.5) is 5.82 Å². The second kappa shape index (κ2) is 4.62. The Morgan fingerprint density at radius 2 is 2.27 bits per heavy atom. The van der Waals surface area contributed by atoms with Crippen LogP contribution in [0.5, 0.6) is 0 Å². The SMILES string of the molecule is Cc1ccnc(N)c1C1CCCNCC1. The van der Waals surface area contributed by atoms with Crippen LogP contribution in [0.1, 0.15) is 36.3 Å². The molecular formula is C12H19N3. The van der Waals surface area contributed by atoms with Gasteiger partial charge in [0.2, 0.25) is 0 Å². The molecule has 1 unspecified atom stereocenters. The van der Waals surface area contributed by atoms with Crippen LogP contribution >= 0.6 is 0 Å². The minimum Gasteiger partial charge on any atom is -0.383 e. The molecule has 0 aliphatic carbocycles. The lowest BCUT2D eigenvalue weighted by Crippen LogP contribution is -2.14. The summed E-state index contributed by atoms with van der Waals surface area (Å²) in [6.07, 6.45) is 5.43. The average molecular weight is 205 g/mol. The van der Waals surface area contributed by atoms with Gasteiger partial charge in [-0.15, -0.1) is 0 Å². The molecule has 0 radical (unpaired) electrons. The standard InChI is InChI=1S/C12H19N3/c1-9-4-8-15-12(13)11(9)10-3-2-6-14-7-5-10/h4,8,10,14H,2-3,5-7H2,1H3,(H2,13,15). The molecule has 3 N–H and O–H groups in total. The monoisotopic (exact) mass is 205 g/mol. The molecule has 82 valence electrons. The van der Waals surface area contributed by atoms with Gasteiger partial charge in [0.25, 0.3) is 0 Å². The van der Waals surface area contributed by atoms with Crippen molar-refractivity contribution in [1.82, 2.24) is 10.3 Å². The maximum absolute atomic E-state index is 5.97. The zero-order valence-electron chi connectivity index (χ0n) is 9.29. The molecule has 1 aliphatic rings. The van der Waals surface area contributed by atoms with E-state index in [1.54, 1.807) is 6.20 Å². The average Bonchev–Trinajstić information content (AvgIpc) is 2.46. The summed E-state index contributed by atoms with van der Waals surface area (Å²) in [5.74, 6) is 1.32. The van der Waals surface area contributed by atoms with Crippen molar-refractivity contribution in [3.63, 3.8) is 0 Å². The first-order chi connectivity index (χ1) is 7.29. The Morgan fingerprint density at radius 3 is 3.07 bits per heavy atom. The first-order valence-corrected chi connectivity index (χ1v) is 5.70. The third-order valence-electron chi connectivity index (χ3n) is 3.22. The van der Waals surface area contributed by atoms with Crippen molar-refractivity contribution >= 4 is 5.82 Å². The molecule has 1 aliphatic heterocycles. The van der Waals surface area contributed by atoms with E-state index in [4.69, 9.17) is 5.73 Å². The summed E-state index contributed by atoms with van der Waals surface area (Å²) >= 11 is 0. The number of rotatable bonds is 1. The molecule has 0 spiro atoms. The number of nitrogens with zero attached hydrogens (tertiary/aromatic N) is 1. The Balaban J connectivity index is 2.26. The van der Waals surface area contributed by atoms with Crippen molar-refractivity contribution in [2.45, 2.75) is 32.1 Å². The molecule has 0 bridgehead atoms. The van der Waals surface area contributed by atoms with Crippen LogP contribution in [0.25, 0.3) is 0 Å². The van der Waals surface area contributed by atoms with E-state index in [0.717, 1.165) is 18.9 Å². The smallest absolute Gasteiger partial charge is 0.127 e. The number of nitrogens with one attached hydrogen (secondary N) is 1. The minimum absolute atomic E-state index is 0.591. The summed E-state index contributed by atoms with van der Waals surface area (Å²) in [4.78, 5) is 4.20. The molecule has 1 aromatic heterocycles. The second-order valence-electron chi connectivity index (χ2n) is 4.30. The first-order valence-electron chi connectivity index (χ1n) is 5.70. The lowest BCUT2D eigenvalue weighted by atomic mass is 9.89. The summed E-state index contributed by atoms with van der Waals surface area (Å²) in [5, 5.41) is 3.42. The van der Waals surface area contributed by atoms with Crippen molar-refractivity contribution < 1.29 is 0 Å². The molecule has 2 rings (SSSR count). The molecule has 1 aromatic rings. The summed E-state index contributed by atoms with van der Waals surface area (Å²) in [6, 6.07) is 2.06. The molecule has 2 heterocycles. The third kappa shape index (κ3) is 2.29. The third-order valence-corrected chi connectivity index (χ3v) is 3.22. The van der Waals surface area contributed by atoms with Crippen LogP contribution in [-0.2, 0) is 0 Å². The van der Waals surface area contributed by atoms with Crippen LogP contribution in [0.3, 0.4) is 0 Å². The molecule has 1 fully saturated rings. The minimum atomic E-state index is 0.591. The van der Waals surface area contributed by atoms with Crippen molar-refractivity contribution in [2.24, 2.45) is 0 Å². The van der Waals surface area contributed by atoms with E-state index in [-0.39, 0.29) is 0 Å². The van der Waals surface area contributed by atoms with Crippen molar-refractivity contribution in [3.05, 3.63) is 23.4 Å². The predicted octanol–water partition coefficient (Wildman–Crippen LogP) is 1.83. The molecule has 3 nitrogen and oxygen atoms in total. The van der Waals surface area contributed by atoms with Gasteiger partial charge in [-0.05, 0) is 56.8 Å². The lowest BCUT2D eigenvalue weighted by molar-refractivity contribution is 0.606. The number of hydrogen-bond donors (Lipinski definition) is 2. The van der Waals surface area contributed by atoms with Gasteiger partial charge in [-0.2, -0.15) is 0 Å². The normalized spacial score (nSPS) is 22.3. The van der Waals surface area contributed by atoms with Crippen molar-refractivity contribution in [1.29, 1.82) is 0 Å². The number of aryl methyl sites for hydroxylation is 1. The van der Waals surface area contributed by atoms with Gasteiger partial charge in [0.05, 0.1) is 0 Å². The zero-order valence-corrected chi connectivity index (χ0v) is 9.29. The molecule has 15 heavy (non-hydrogen) atoms. The van der Waals surface area contributed by atoms with Gasteiger partial charge in [-0.25, -0.2) is 4.98 Å². The Hall–Kier alpha value is -1.09. The highest BCUT2D eigenvalue weighted by molar-refractivity contribution is 5.46. The Bertz CT molecular complexity index is 307. The van der Waals surface area contributed by atoms with Crippen LogP contribution in [0, 0.1) is 6.92 Å². The van der Waals surface area contributed by atoms with E-state index < -0.39 is 0 Å². The number of anilines is 1. The van der Waals surface area contributed by atoms with Gasteiger partial charge in [-0.1, -0.05) is 0 Å². The van der Waals surface area contributed by atoms with E-state index in [0.29, 0.717) is 5.92 Å². The Labute approximate surface area is 91.1 Å². The van der Waals surface area contributed by atoms with Gasteiger partial charge in [0.15, 0.2) is 0 Å². The quantitative estimate of drug-likeness (QED) is 0.735. The second-order valence-corrected chi connectivity index (χ2v) is 4.30. The number of hydrogen-bond acceptors (Lipinski definition) is 3. The van der Waals surface area contributed by atoms with Crippen LogP contribution in [0.15, 0.2) is 12.3 Å². The van der Waals surface area contributed by atoms with Crippen LogP contribution in [0.2, 0.25) is 0 Å². The maximum atomic E-state index is 5.97. The zero-order chi connectivity index (χ0) is 10.7. The number of nitrogen functional groups attached to an aromatic ring is 1. The first kappa shape index (κ1) is 10.4. The Morgan fingerprint density at radius 1 is 1.40 bits per heavy atom. The molecule has 0 amide bonds. The van der Waals surface area contributed by atoms with Gasteiger partial charge < -0.3 is 11.1 Å². The highest BCUT2D eigenvalue weighted by atomic mass is 14.9. The van der Waals surface area contributed by atoms with Gasteiger partial charge in [0.1, 0.15) is 5.82 Å². The van der Waals surface area contributed by atoms with E-state index >= 15 is 0 Å². The van der Waals surface area contributed by atoms with E-state index in [1.807, 2.05) is 0 Å². The van der Waals surface area contributed by atoms with Gasteiger partial charge in [-0.3, -0.25) is 0 Å². The van der Waals surface area contributed by atoms with Gasteiger partial charge in [0, 0.05) is 11.8 Å². The largest absolute Gasteiger partial charge is 0.383 e. The molecule has 3 heteroatoms. The predicted molar refractivity (Wildman–Crippen MR) is 62.8 cm³/mol. The van der Waals surface area contributed by atoms with Crippen molar-refractivity contribution in [3.8, 4) is 0 Å². The molecule has 1 saturated heterocycles. The summed E-state index contributed by atoms with van der Waals surface area (Å²) in [5.41, 5.74) is 8.54. The highest BCUT2D eigenvalue weighted by Crippen LogP contribution is 2.31. The van der Waals surface area contributed by atoms with Crippen molar-refractivity contribution in [2.75, 3.05) is 18.8 Å². The fourth-order valence-electron chi connectivity index (χ4n) is 2.43. The fraction of sp³-hybridized carbons (Fsp3) is 0.583. The van der Waals surface area contributed by atoms with Crippen LogP contribution in [-0.4, -0.2) is 18.1 Å².